The van der Waals surface area contributed by atoms with E-state index in [0.29, 0.717) is 0 Å². The maximum absolute atomic E-state index is 3.91. The van der Waals surface area contributed by atoms with Crippen LogP contribution in [0.2, 0.25) is 0 Å². The fraction of sp³-hybridized carbons (Fsp3) is 0.308. The second kappa shape index (κ2) is 5.47. The van der Waals surface area contributed by atoms with E-state index >= 15 is 0 Å². The first-order valence-corrected chi connectivity index (χ1v) is 5.60. The monoisotopic (exact) mass is 215 g/mol. The van der Waals surface area contributed by atoms with Gasteiger partial charge < -0.3 is 5.32 Å². The molecular formula is C13H17N3. The van der Waals surface area contributed by atoms with Gasteiger partial charge in [0.05, 0.1) is 0 Å². The first-order chi connectivity index (χ1) is 7.86. The van der Waals surface area contributed by atoms with Crippen LogP contribution in [0.3, 0.4) is 0 Å². The summed E-state index contributed by atoms with van der Waals surface area (Å²) in [7, 11) is 0. The van der Waals surface area contributed by atoms with Crippen LogP contribution in [0.1, 0.15) is 16.8 Å². The molecule has 0 saturated carbocycles. The molecule has 1 heterocycles. The third-order valence-electron chi connectivity index (χ3n) is 2.71. The minimum absolute atomic E-state index is 0.853. The van der Waals surface area contributed by atoms with E-state index in [1.165, 1.54) is 11.1 Å². The number of aromatic nitrogens is 2. The molecule has 0 amide bonds. The zero-order valence-electron chi connectivity index (χ0n) is 9.53. The average molecular weight is 215 g/mol. The number of rotatable bonds is 5. The Bertz CT molecular complexity index is 421. The topological polar surface area (TPSA) is 40.7 Å². The zero-order chi connectivity index (χ0) is 11.2. The van der Waals surface area contributed by atoms with E-state index in [9.17, 15) is 0 Å². The van der Waals surface area contributed by atoms with E-state index in [-0.39, 0.29) is 0 Å². The summed E-state index contributed by atoms with van der Waals surface area (Å²) in [6.07, 6.45) is 2.85. The number of nitrogens with zero attached hydrogens (tertiary/aromatic N) is 1. The lowest BCUT2D eigenvalue weighted by Gasteiger charge is -2.06. The van der Waals surface area contributed by atoms with Gasteiger partial charge in [-0.3, -0.25) is 5.10 Å². The van der Waals surface area contributed by atoms with Crippen molar-refractivity contribution in [1.29, 1.82) is 0 Å². The van der Waals surface area contributed by atoms with Crippen molar-refractivity contribution < 1.29 is 0 Å². The van der Waals surface area contributed by atoms with Crippen molar-refractivity contribution in [2.24, 2.45) is 0 Å². The van der Waals surface area contributed by atoms with Crippen LogP contribution in [-0.2, 0) is 13.0 Å². The number of aromatic amines is 1. The van der Waals surface area contributed by atoms with Gasteiger partial charge in [-0.05, 0) is 37.1 Å². The van der Waals surface area contributed by atoms with Gasteiger partial charge in [0.25, 0.3) is 0 Å². The maximum Gasteiger partial charge on any atom is 0.0490 e. The summed E-state index contributed by atoms with van der Waals surface area (Å²) in [6.45, 7) is 4.00. The van der Waals surface area contributed by atoms with Crippen molar-refractivity contribution in [3.8, 4) is 0 Å². The van der Waals surface area contributed by atoms with Gasteiger partial charge in [0.2, 0.25) is 0 Å². The molecule has 0 atom stereocenters. The van der Waals surface area contributed by atoms with Crippen LogP contribution < -0.4 is 5.32 Å². The predicted octanol–water partition coefficient (Wildman–Crippen LogP) is 2.05. The van der Waals surface area contributed by atoms with Crippen molar-refractivity contribution in [2.75, 3.05) is 6.54 Å². The van der Waals surface area contributed by atoms with Gasteiger partial charge in [0.15, 0.2) is 0 Å². The van der Waals surface area contributed by atoms with Crippen LogP contribution in [0.4, 0.5) is 0 Å². The SMILES string of the molecule is Cc1ccccc1CCNCc1ccn[nH]1. The molecule has 0 saturated heterocycles. The molecule has 16 heavy (non-hydrogen) atoms. The Kier molecular flexibility index (Phi) is 3.72. The molecule has 1 aromatic carbocycles. The fourth-order valence-corrected chi connectivity index (χ4v) is 1.72. The molecule has 0 aliphatic carbocycles. The van der Waals surface area contributed by atoms with Gasteiger partial charge in [-0.2, -0.15) is 5.10 Å². The molecular weight excluding hydrogens is 198 g/mol. The summed E-state index contributed by atoms with van der Waals surface area (Å²) >= 11 is 0. The van der Waals surface area contributed by atoms with Crippen molar-refractivity contribution in [3.05, 3.63) is 53.3 Å². The van der Waals surface area contributed by atoms with Crippen LogP contribution in [0.25, 0.3) is 0 Å². The molecule has 0 aliphatic heterocycles. The fourth-order valence-electron chi connectivity index (χ4n) is 1.72. The molecule has 0 bridgehead atoms. The van der Waals surface area contributed by atoms with Gasteiger partial charge in [-0.1, -0.05) is 24.3 Å². The van der Waals surface area contributed by atoms with E-state index in [1.54, 1.807) is 6.20 Å². The Balaban J connectivity index is 1.74. The summed E-state index contributed by atoms with van der Waals surface area (Å²) in [4.78, 5) is 0. The normalized spacial score (nSPS) is 10.6. The zero-order valence-corrected chi connectivity index (χ0v) is 9.53. The summed E-state index contributed by atoms with van der Waals surface area (Å²) in [6, 6.07) is 10.5. The van der Waals surface area contributed by atoms with Crippen molar-refractivity contribution in [3.63, 3.8) is 0 Å². The van der Waals surface area contributed by atoms with Crippen LogP contribution >= 0.6 is 0 Å². The third kappa shape index (κ3) is 2.94. The Labute approximate surface area is 95.9 Å². The second-order valence-electron chi connectivity index (χ2n) is 3.94. The smallest absolute Gasteiger partial charge is 0.0490 e. The highest BCUT2D eigenvalue weighted by Gasteiger charge is 1.97. The molecule has 3 heteroatoms. The van der Waals surface area contributed by atoms with Gasteiger partial charge in [0, 0.05) is 18.4 Å². The number of hydrogen-bond donors (Lipinski definition) is 2. The van der Waals surface area contributed by atoms with Crippen molar-refractivity contribution in [2.45, 2.75) is 19.9 Å². The minimum atomic E-state index is 0.853. The third-order valence-corrected chi connectivity index (χ3v) is 2.71. The average Bonchev–Trinajstić information content (AvgIpc) is 2.79. The minimum Gasteiger partial charge on any atom is -0.311 e. The summed E-state index contributed by atoms with van der Waals surface area (Å²) in [5, 5.41) is 10.2. The van der Waals surface area contributed by atoms with E-state index in [1.807, 2.05) is 6.07 Å². The van der Waals surface area contributed by atoms with Gasteiger partial charge in [-0.25, -0.2) is 0 Å². The summed E-state index contributed by atoms with van der Waals surface area (Å²) in [5.41, 5.74) is 3.91. The largest absolute Gasteiger partial charge is 0.311 e. The first-order valence-electron chi connectivity index (χ1n) is 5.60. The van der Waals surface area contributed by atoms with Crippen LogP contribution in [-0.4, -0.2) is 16.7 Å². The Morgan fingerprint density at radius 2 is 2.12 bits per heavy atom. The van der Waals surface area contributed by atoms with E-state index in [0.717, 1.165) is 25.2 Å². The van der Waals surface area contributed by atoms with E-state index in [4.69, 9.17) is 0 Å². The Morgan fingerprint density at radius 1 is 1.25 bits per heavy atom. The molecule has 0 aliphatic rings. The van der Waals surface area contributed by atoms with Gasteiger partial charge >= 0.3 is 0 Å². The molecule has 0 unspecified atom stereocenters. The first kappa shape index (κ1) is 10.9. The van der Waals surface area contributed by atoms with Crippen molar-refractivity contribution in [1.82, 2.24) is 15.5 Å². The number of hydrogen-bond acceptors (Lipinski definition) is 2. The summed E-state index contributed by atoms with van der Waals surface area (Å²) in [5.74, 6) is 0. The van der Waals surface area contributed by atoms with Crippen LogP contribution in [0.15, 0.2) is 36.5 Å². The Hall–Kier alpha value is -1.61. The van der Waals surface area contributed by atoms with Crippen molar-refractivity contribution >= 4 is 0 Å². The standard InChI is InChI=1S/C13H17N3/c1-11-4-2-3-5-12(11)6-8-14-10-13-7-9-15-16-13/h2-5,7,9,14H,6,8,10H2,1H3,(H,15,16). The summed E-state index contributed by atoms with van der Waals surface area (Å²) < 4.78 is 0. The second-order valence-corrected chi connectivity index (χ2v) is 3.94. The lowest BCUT2D eigenvalue weighted by atomic mass is 10.1. The number of benzene rings is 1. The quantitative estimate of drug-likeness (QED) is 0.749. The molecule has 0 spiro atoms. The molecule has 1 aromatic heterocycles. The van der Waals surface area contributed by atoms with Gasteiger partial charge in [-0.15, -0.1) is 0 Å². The molecule has 0 fully saturated rings. The molecule has 2 aromatic rings. The highest BCUT2D eigenvalue weighted by atomic mass is 15.1. The highest BCUT2D eigenvalue weighted by molar-refractivity contribution is 5.25. The molecule has 2 rings (SSSR count). The lowest BCUT2D eigenvalue weighted by Crippen LogP contribution is -2.17. The molecule has 3 nitrogen and oxygen atoms in total. The maximum atomic E-state index is 3.91. The predicted molar refractivity (Wildman–Crippen MR) is 65.2 cm³/mol. The molecule has 84 valence electrons. The van der Waals surface area contributed by atoms with E-state index in [2.05, 4.69) is 46.7 Å². The lowest BCUT2D eigenvalue weighted by molar-refractivity contribution is 0.671. The number of aryl methyl sites for hydroxylation is 1. The Morgan fingerprint density at radius 3 is 2.88 bits per heavy atom. The van der Waals surface area contributed by atoms with Crippen LogP contribution in [0.5, 0.6) is 0 Å². The van der Waals surface area contributed by atoms with Gasteiger partial charge in [0.1, 0.15) is 0 Å². The number of nitrogens with one attached hydrogen (secondary N) is 2. The van der Waals surface area contributed by atoms with Crippen LogP contribution in [0, 0.1) is 6.92 Å². The van der Waals surface area contributed by atoms with E-state index < -0.39 is 0 Å². The molecule has 0 radical (unpaired) electrons. The molecule has 2 N–H and O–H groups in total. The number of H-pyrrole nitrogens is 1. The highest BCUT2D eigenvalue weighted by Crippen LogP contribution is 2.06.